The van der Waals surface area contributed by atoms with Crippen LogP contribution in [0.5, 0.6) is 0 Å². The number of epoxide rings is 1. The van der Waals surface area contributed by atoms with Gasteiger partial charge in [-0.05, 0) is 25.7 Å². The predicted molar refractivity (Wildman–Crippen MR) is 108 cm³/mol. The van der Waals surface area contributed by atoms with Gasteiger partial charge in [-0.15, -0.1) is 0 Å². The number of carbonyl (C=O) groups is 1. The van der Waals surface area contributed by atoms with E-state index in [1.54, 1.807) is 6.08 Å². The zero-order chi connectivity index (χ0) is 18.9. The predicted octanol–water partition coefficient (Wildman–Crippen LogP) is 4.45. The van der Waals surface area contributed by atoms with Gasteiger partial charge in [0.25, 0.3) is 0 Å². The molecule has 1 saturated heterocycles. The van der Waals surface area contributed by atoms with Crippen LogP contribution in [0.3, 0.4) is 0 Å². The lowest BCUT2D eigenvalue weighted by molar-refractivity contribution is -0.116. The minimum atomic E-state index is -0.184. The molecule has 0 spiro atoms. The molecule has 1 amide bonds. The second-order valence-corrected chi connectivity index (χ2v) is 6.89. The SMILES string of the molecule is CCCCCC1OC1CCCCCCC=CC=CC=CC(=O)NCCO. The van der Waals surface area contributed by atoms with Crippen LogP contribution in [0.15, 0.2) is 36.5 Å². The number of rotatable bonds is 16. The summed E-state index contributed by atoms with van der Waals surface area (Å²) < 4.78 is 5.73. The molecule has 0 radical (unpaired) electrons. The summed E-state index contributed by atoms with van der Waals surface area (Å²) in [4.78, 5) is 11.2. The molecule has 2 N–H and O–H groups in total. The first-order valence-electron chi connectivity index (χ1n) is 10.3. The fourth-order valence-electron chi connectivity index (χ4n) is 2.93. The highest BCUT2D eigenvalue weighted by molar-refractivity contribution is 5.87. The second kappa shape index (κ2) is 15.8. The van der Waals surface area contributed by atoms with E-state index in [9.17, 15) is 4.79 Å². The zero-order valence-corrected chi connectivity index (χ0v) is 16.4. The summed E-state index contributed by atoms with van der Waals surface area (Å²) in [6.45, 7) is 2.50. The van der Waals surface area contributed by atoms with Crippen LogP contribution in [0, 0.1) is 0 Å². The minimum absolute atomic E-state index is 0.0356. The number of aliphatic hydroxyl groups is 1. The third-order valence-electron chi connectivity index (χ3n) is 4.52. The van der Waals surface area contributed by atoms with Crippen LogP contribution >= 0.6 is 0 Å². The Hall–Kier alpha value is -1.39. The van der Waals surface area contributed by atoms with Crippen molar-refractivity contribution in [1.29, 1.82) is 0 Å². The van der Waals surface area contributed by atoms with Gasteiger partial charge in [0.2, 0.25) is 5.91 Å². The lowest BCUT2D eigenvalue weighted by atomic mass is 10.1. The Morgan fingerprint density at radius 2 is 1.65 bits per heavy atom. The van der Waals surface area contributed by atoms with Crippen molar-refractivity contribution in [3.8, 4) is 0 Å². The first kappa shape index (κ1) is 22.7. The molecule has 2 atom stereocenters. The molecular formula is C22H37NO3. The quantitative estimate of drug-likeness (QED) is 0.184. The average molecular weight is 364 g/mol. The summed E-state index contributed by atoms with van der Waals surface area (Å²) in [6, 6.07) is 0. The van der Waals surface area contributed by atoms with Crippen molar-refractivity contribution in [2.24, 2.45) is 0 Å². The minimum Gasteiger partial charge on any atom is -0.395 e. The first-order chi connectivity index (χ1) is 12.8. The molecule has 1 heterocycles. The molecule has 0 aromatic heterocycles. The summed E-state index contributed by atoms with van der Waals surface area (Å²) >= 11 is 0. The summed E-state index contributed by atoms with van der Waals surface area (Å²) in [5.74, 6) is -0.184. The highest BCUT2D eigenvalue weighted by Crippen LogP contribution is 2.31. The van der Waals surface area contributed by atoms with Crippen LogP contribution in [-0.4, -0.2) is 36.4 Å². The summed E-state index contributed by atoms with van der Waals surface area (Å²) in [5.41, 5.74) is 0. The molecule has 1 aliphatic rings. The van der Waals surface area contributed by atoms with Crippen LogP contribution in [0.1, 0.15) is 71.1 Å². The number of unbranched alkanes of at least 4 members (excludes halogenated alkanes) is 6. The maximum atomic E-state index is 11.2. The Morgan fingerprint density at radius 3 is 2.38 bits per heavy atom. The fourth-order valence-corrected chi connectivity index (χ4v) is 2.93. The number of amides is 1. The molecule has 1 rings (SSSR count). The summed E-state index contributed by atoms with van der Waals surface area (Å²) in [7, 11) is 0. The molecule has 26 heavy (non-hydrogen) atoms. The highest BCUT2D eigenvalue weighted by Gasteiger charge is 2.36. The number of ether oxygens (including phenoxy) is 1. The number of nitrogens with one attached hydrogen (secondary N) is 1. The summed E-state index contributed by atoms with van der Waals surface area (Å²) in [6.07, 6.45) is 24.9. The van der Waals surface area contributed by atoms with Gasteiger partial charge in [-0.2, -0.15) is 0 Å². The molecule has 0 aliphatic carbocycles. The van der Waals surface area contributed by atoms with Crippen molar-refractivity contribution in [2.45, 2.75) is 83.3 Å². The number of hydrogen-bond acceptors (Lipinski definition) is 3. The fraction of sp³-hybridized carbons (Fsp3) is 0.682. The van der Waals surface area contributed by atoms with Crippen LogP contribution < -0.4 is 5.32 Å². The van der Waals surface area contributed by atoms with Crippen molar-refractivity contribution in [2.75, 3.05) is 13.2 Å². The normalized spacial score (nSPS) is 19.8. The van der Waals surface area contributed by atoms with E-state index in [1.165, 1.54) is 63.9 Å². The molecule has 0 aromatic rings. The van der Waals surface area contributed by atoms with Crippen LogP contribution in [-0.2, 0) is 9.53 Å². The van der Waals surface area contributed by atoms with Crippen molar-refractivity contribution in [1.82, 2.24) is 5.32 Å². The average Bonchev–Trinajstić information content (AvgIpc) is 3.39. The van der Waals surface area contributed by atoms with E-state index in [0.29, 0.717) is 18.8 Å². The van der Waals surface area contributed by atoms with Crippen LogP contribution in [0.25, 0.3) is 0 Å². The van der Waals surface area contributed by atoms with Gasteiger partial charge in [-0.3, -0.25) is 4.79 Å². The molecule has 0 saturated carbocycles. The van der Waals surface area contributed by atoms with Crippen molar-refractivity contribution >= 4 is 5.91 Å². The summed E-state index contributed by atoms with van der Waals surface area (Å²) in [5, 5.41) is 11.1. The molecule has 1 fully saturated rings. The van der Waals surface area contributed by atoms with Gasteiger partial charge in [0, 0.05) is 12.6 Å². The van der Waals surface area contributed by atoms with E-state index < -0.39 is 0 Å². The smallest absolute Gasteiger partial charge is 0.244 e. The maximum Gasteiger partial charge on any atom is 0.244 e. The number of hydrogen-bond donors (Lipinski definition) is 2. The van der Waals surface area contributed by atoms with Gasteiger partial charge < -0.3 is 15.2 Å². The molecule has 2 unspecified atom stereocenters. The molecule has 0 aromatic carbocycles. The number of aliphatic hydroxyl groups excluding tert-OH is 1. The van der Waals surface area contributed by atoms with Gasteiger partial charge in [-0.25, -0.2) is 0 Å². The Bertz CT molecular complexity index is 443. The number of carbonyl (C=O) groups excluding carboxylic acids is 1. The van der Waals surface area contributed by atoms with Crippen molar-refractivity contribution in [3.05, 3.63) is 36.5 Å². The van der Waals surface area contributed by atoms with E-state index in [4.69, 9.17) is 9.84 Å². The molecule has 148 valence electrons. The lowest BCUT2D eigenvalue weighted by Crippen LogP contribution is -2.24. The first-order valence-corrected chi connectivity index (χ1v) is 10.3. The van der Waals surface area contributed by atoms with Gasteiger partial charge in [-0.1, -0.05) is 75.8 Å². The van der Waals surface area contributed by atoms with E-state index in [2.05, 4.69) is 18.3 Å². The van der Waals surface area contributed by atoms with E-state index >= 15 is 0 Å². The second-order valence-electron chi connectivity index (χ2n) is 6.89. The van der Waals surface area contributed by atoms with Gasteiger partial charge in [0.15, 0.2) is 0 Å². The van der Waals surface area contributed by atoms with Crippen LogP contribution in [0.4, 0.5) is 0 Å². The Morgan fingerprint density at radius 1 is 0.962 bits per heavy atom. The topological polar surface area (TPSA) is 61.9 Å². The van der Waals surface area contributed by atoms with E-state index in [-0.39, 0.29) is 12.5 Å². The van der Waals surface area contributed by atoms with E-state index in [1.807, 2.05) is 18.2 Å². The van der Waals surface area contributed by atoms with Gasteiger partial charge >= 0.3 is 0 Å². The third kappa shape index (κ3) is 12.9. The Labute approximate surface area is 159 Å². The molecule has 4 nitrogen and oxygen atoms in total. The van der Waals surface area contributed by atoms with E-state index in [0.717, 1.165) is 6.42 Å². The number of allylic oxidation sites excluding steroid dienone is 5. The zero-order valence-electron chi connectivity index (χ0n) is 16.4. The molecular weight excluding hydrogens is 326 g/mol. The van der Waals surface area contributed by atoms with Crippen LogP contribution in [0.2, 0.25) is 0 Å². The third-order valence-corrected chi connectivity index (χ3v) is 4.52. The monoisotopic (exact) mass is 363 g/mol. The largest absolute Gasteiger partial charge is 0.395 e. The Kier molecular flexibility index (Phi) is 13.8. The molecule has 0 bridgehead atoms. The molecule has 1 aliphatic heterocycles. The van der Waals surface area contributed by atoms with Crippen molar-refractivity contribution < 1.29 is 14.6 Å². The van der Waals surface area contributed by atoms with Crippen molar-refractivity contribution in [3.63, 3.8) is 0 Å². The lowest BCUT2D eigenvalue weighted by Gasteiger charge is -1.98. The van der Waals surface area contributed by atoms with Gasteiger partial charge in [0.1, 0.15) is 0 Å². The molecule has 4 heteroatoms. The maximum absolute atomic E-state index is 11.2. The highest BCUT2D eigenvalue weighted by atomic mass is 16.6. The Balaban J connectivity index is 1.87. The van der Waals surface area contributed by atoms with Gasteiger partial charge in [0.05, 0.1) is 18.8 Å². The standard InChI is InChI=1S/C22H37NO3/c1-2-3-12-15-20-21(26-20)16-13-10-8-6-4-5-7-9-11-14-17-22(25)23-18-19-24/h5,7,9,11,14,17,20-21,24H,2-4,6,8,10,12-13,15-16,18-19H2,1H3,(H,23,25).